The van der Waals surface area contributed by atoms with Gasteiger partial charge in [0, 0.05) is 11.8 Å². The van der Waals surface area contributed by atoms with Crippen molar-refractivity contribution in [2.24, 2.45) is 0 Å². The van der Waals surface area contributed by atoms with Gasteiger partial charge in [0.25, 0.3) is 5.89 Å². The maximum atomic E-state index is 10.9. The van der Waals surface area contributed by atoms with Gasteiger partial charge in [0.15, 0.2) is 0 Å². The van der Waals surface area contributed by atoms with Crippen LogP contribution in [0.4, 0.5) is 0 Å². The molecule has 5 nitrogen and oxygen atoms in total. The molecule has 0 fully saturated rings. The lowest BCUT2D eigenvalue weighted by Crippen LogP contribution is -2.17. The molecule has 1 N–H and O–H groups in total. The molecule has 7 heteroatoms. The van der Waals surface area contributed by atoms with E-state index >= 15 is 0 Å². The van der Waals surface area contributed by atoms with E-state index in [9.17, 15) is 4.79 Å². The van der Waals surface area contributed by atoms with Crippen molar-refractivity contribution in [2.45, 2.75) is 13.5 Å². The highest BCUT2D eigenvalue weighted by molar-refractivity contribution is 7.15. The molecule has 1 aromatic carbocycles. The quantitative estimate of drug-likeness (QED) is 0.789. The number of benzene rings is 1. The molecule has 3 aromatic rings. The first kappa shape index (κ1) is 14.7. The van der Waals surface area contributed by atoms with Crippen LogP contribution in [0.5, 0.6) is 0 Å². The number of hydrogen-bond acceptors (Lipinski definition) is 5. The van der Waals surface area contributed by atoms with Crippen molar-refractivity contribution in [3.63, 3.8) is 0 Å². The normalized spacial score (nSPS) is 10.6. The van der Waals surface area contributed by atoms with Gasteiger partial charge in [-0.1, -0.05) is 28.9 Å². The van der Waals surface area contributed by atoms with Gasteiger partial charge in [-0.05, 0) is 24.3 Å². The Balaban J connectivity index is 1.82. The third-order valence-electron chi connectivity index (χ3n) is 2.92. The first-order valence-corrected chi connectivity index (χ1v) is 7.75. The standard InChI is InChI=1S/C15H12ClN3O2S/c1-9(20)17-8-10-6-7-13(22-10)14-18-15(21-19-14)11-4-2-3-5-12(11)16/h2-7H,8H2,1H3,(H,17,20). The summed E-state index contributed by atoms with van der Waals surface area (Å²) >= 11 is 7.63. The van der Waals surface area contributed by atoms with Crippen molar-refractivity contribution in [3.8, 4) is 22.2 Å². The summed E-state index contributed by atoms with van der Waals surface area (Å²) in [5, 5.41) is 7.31. The number of halogens is 1. The summed E-state index contributed by atoms with van der Waals surface area (Å²) in [6.45, 7) is 1.98. The predicted octanol–water partition coefficient (Wildman–Crippen LogP) is 3.75. The molecule has 0 saturated heterocycles. The average Bonchev–Trinajstić information content (AvgIpc) is 3.14. The summed E-state index contributed by atoms with van der Waals surface area (Å²) in [4.78, 5) is 17.2. The number of thiophene rings is 1. The number of amides is 1. The van der Waals surface area contributed by atoms with Crippen molar-refractivity contribution in [1.82, 2.24) is 15.5 Å². The lowest BCUT2D eigenvalue weighted by Gasteiger charge is -1.96. The molecule has 3 rings (SSSR count). The summed E-state index contributed by atoms with van der Waals surface area (Å²) in [6, 6.07) is 11.1. The number of aromatic nitrogens is 2. The number of hydrogen-bond donors (Lipinski definition) is 1. The lowest BCUT2D eigenvalue weighted by molar-refractivity contribution is -0.119. The van der Waals surface area contributed by atoms with Crippen LogP contribution in [0.3, 0.4) is 0 Å². The predicted molar refractivity (Wildman–Crippen MR) is 85.6 cm³/mol. The minimum atomic E-state index is -0.0597. The summed E-state index contributed by atoms with van der Waals surface area (Å²) in [5.74, 6) is 0.835. The number of nitrogens with one attached hydrogen (secondary N) is 1. The second kappa shape index (κ2) is 6.29. The maximum absolute atomic E-state index is 10.9. The van der Waals surface area contributed by atoms with Gasteiger partial charge in [-0.2, -0.15) is 4.98 Å². The van der Waals surface area contributed by atoms with E-state index in [1.165, 1.54) is 18.3 Å². The second-order valence-electron chi connectivity index (χ2n) is 4.58. The van der Waals surface area contributed by atoms with Crippen molar-refractivity contribution >= 4 is 28.8 Å². The Kier molecular flexibility index (Phi) is 4.22. The largest absolute Gasteiger partial charge is 0.351 e. The Hall–Kier alpha value is -2.18. The van der Waals surface area contributed by atoms with Crippen LogP contribution in [0.1, 0.15) is 11.8 Å². The van der Waals surface area contributed by atoms with Gasteiger partial charge in [-0.25, -0.2) is 0 Å². The molecule has 2 heterocycles. The van der Waals surface area contributed by atoms with Gasteiger partial charge >= 0.3 is 0 Å². The van der Waals surface area contributed by atoms with Crippen molar-refractivity contribution < 1.29 is 9.32 Å². The Morgan fingerprint density at radius 3 is 2.91 bits per heavy atom. The SMILES string of the molecule is CC(=O)NCc1ccc(-c2noc(-c3ccccc3Cl)n2)s1. The molecular weight excluding hydrogens is 322 g/mol. The molecule has 0 aliphatic heterocycles. The maximum Gasteiger partial charge on any atom is 0.259 e. The minimum Gasteiger partial charge on any atom is -0.351 e. The smallest absolute Gasteiger partial charge is 0.259 e. The number of rotatable bonds is 4. The molecule has 22 heavy (non-hydrogen) atoms. The zero-order chi connectivity index (χ0) is 15.5. The van der Waals surface area contributed by atoms with E-state index in [2.05, 4.69) is 15.5 Å². The van der Waals surface area contributed by atoms with Crippen LogP contribution >= 0.6 is 22.9 Å². The first-order chi connectivity index (χ1) is 10.6. The zero-order valence-electron chi connectivity index (χ0n) is 11.7. The first-order valence-electron chi connectivity index (χ1n) is 6.55. The molecule has 0 spiro atoms. The Morgan fingerprint density at radius 1 is 1.32 bits per heavy atom. The van der Waals surface area contributed by atoms with Crippen LogP contribution in [0.15, 0.2) is 40.9 Å². The van der Waals surface area contributed by atoms with Crippen molar-refractivity contribution in [3.05, 3.63) is 46.3 Å². The number of nitrogens with zero attached hydrogens (tertiary/aromatic N) is 2. The third kappa shape index (κ3) is 3.18. The number of carbonyl (C=O) groups excluding carboxylic acids is 1. The summed E-state index contributed by atoms with van der Waals surface area (Å²) in [7, 11) is 0. The molecule has 0 atom stereocenters. The van der Waals surface area contributed by atoms with Crippen LogP contribution < -0.4 is 5.32 Å². The lowest BCUT2D eigenvalue weighted by atomic mass is 10.2. The van der Waals surface area contributed by atoms with Crippen LogP contribution in [-0.2, 0) is 11.3 Å². The molecule has 0 aliphatic carbocycles. The summed E-state index contributed by atoms with van der Waals surface area (Å²) in [6.07, 6.45) is 0. The van der Waals surface area contributed by atoms with E-state index in [1.807, 2.05) is 30.3 Å². The molecule has 0 radical (unpaired) electrons. The van der Waals surface area contributed by atoms with Gasteiger partial charge in [0.1, 0.15) is 0 Å². The topological polar surface area (TPSA) is 68.0 Å². The average molecular weight is 334 g/mol. The van der Waals surface area contributed by atoms with Gasteiger partial charge in [-0.15, -0.1) is 11.3 Å². The highest BCUT2D eigenvalue weighted by Gasteiger charge is 2.14. The molecule has 0 saturated carbocycles. The molecule has 112 valence electrons. The highest BCUT2D eigenvalue weighted by atomic mass is 35.5. The van der Waals surface area contributed by atoms with Crippen LogP contribution in [0, 0.1) is 0 Å². The zero-order valence-corrected chi connectivity index (χ0v) is 13.2. The molecule has 2 aromatic heterocycles. The van der Waals surface area contributed by atoms with Crippen LogP contribution in [0.25, 0.3) is 22.2 Å². The fourth-order valence-electron chi connectivity index (χ4n) is 1.87. The Bertz CT molecular complexity index is 812. The fraction of sp³-hybridized carbons (Fsp3) is 0.133. The highest BCUT2D eigenvalue weighted by Crippen LogP contribution is 2.30. The monoisotopic (exact) mass is 333 g/mol. The Labute approximate surface area is 135 Å². The van der Waals surface area contributed by atoms with Gasteiger partial charge < -0.3 is 9.84 Å². The van der Waals surface area contributed by atoms with Crippen molar-refractivity contribution in [2.75, 3.05) is 0 Å². The van der Waals surface area contributed by atoms with Crippen LogP contribution in [0.2, 0.25) is 5.02 Å². The van der Waals surface area contributed by atoms with E-state index in [1.54, 1.807) is 6.07 Å². The minimum absolute atomic E-state index is 0.0597. The second-order valence-corrected chi connectivity index (χ2v) is 6.15. The van der Waals surface area contributed by atoms with E-state index in [0.29, 0.717) is 28.8 Å². The Morgan fingerprint density at radius 2 is 2.14 bits per heavy atom. The molecule has 1 amide bonds. The van der Waals surface area contributed by atoms with E-state index in [4.69, 9.17) is 16.1 Å². The third-order valence-corrected chi connectivity index (χ3v) is 4.33. The van der Waals surface area contributed by atoms with Crippen molar-refractivity contribution in [1.29, 1.82) is 0 Å². The van der Waals surface area contributed by atoms with E-state index < -0.39 is 0 Å². The summed E-state index contributed by atoms with van der Waals surface area (Å²) in [5.41, 5.74) is 0.706. The molecular formula is C15H12ClN3O2S. The van der Waals surface area contributed by atoms with Gasteiger partial charge in [-0.3, -0.25) is 4.79 Å². The van der Waals surface area contributed by atoms with Crippen LogP contribution in [-0.4, -0.2) is 16.0 Å². The molecule has 0 unspecified atom stereocenters. The van der Waals surface area contributed by atoms with Gasteiger partial charge in [0.05, 0.1) is 22.0 Å². The number of carbonyl (C=O) groups is 1. The van der Waals surface area contributed by atoms with Gasteiger partial charge in [0.2, 0.25) is 11.7 Å². The van der Waals surface area contributed by atoms with E-state index in [0.717, 1.165) is 9.75 Å². The summed E-state index contributed by atoms with van der Waals surface area (Å²) < 4.78 is 5.28. The molecule has 0 bridgehead atoms. The fourth-order valence-corrected chi connectivity index (χ4v) is 2.96. The molecule has 0 aliphatic rings. The van der Waals surface area contributed by atoms with E-state index in [-0.39, 0.29) is 5.91 Å².